The number of piperidine rings is 1. The van der Waals surface area contributed by atoms with E-state index in [1.807, 2.05) is 0 Å². The largest absolute Gasteiger partial charge is 0.435 e. The summed E-state index contributed by atoms with van der Waals surface area (Å²) in [6, 6.07) is 3.28. The lowest BCUT2D eigenvalue weighted by Crippen LogP contribution is -2.31. The number of carbonyl (C=O) groups excluding carboxylic acids is 1. The molecule has 1 aromatic rings. The summed E-state index contributed by atoms with van der Waals surface area (Å²) < 4.78 is 58.1. The monoisotopic (exact) mass is 362 g/mol. The molecule has 1 amide bonds. The first-order valence-corrected chi connectivity index (χ1v) is 7.95. The van der Waals surface area contributed by atoms with E-state index in [0.29, 0.717) is 0 Å². The molecule has 0 radical (unpaired) electrons. The van der Waals surface area contributed by atoms with Gasteiger partial charge in [0.25, 0.3) is 0 Å². The summed E-state index contributed by atoms with van der Waals surface area (Å²) >= 11 is 0. The molecule has 25 heavy (non-hydrogen) atoms. The smallest absolute Gasteiger partial charge is 0.387 e. The Labute approximate surface area is 141 Å². The van der Waals surface area contributed by atoms with E-state index in [2.05, 4.69) is 20.1 Å². The maximum absolute atomic E-state index is 12.6. The second-order valence-corrected chi connectivity index (χ2v) is 6.27. The Balaban J connectivity index is 1.71. The Hall–Kier alpha value is -2.03. The van der Waals surface area contributed by atoms with E-state index in [0.717, 1.165) is 44.5 Å². The summed E-state index contributed by atoms with van der Waals surface area (Å²) in [6.07, 6.45) is 2.55. The number of anilines is 1. The highest BCUT2D eigenvalue weighted by molar-refractivity contribution is 5.96. The molecule has 0 bridgehead atoms. The molecule has 3 rings (SSSR count). The van der Waals surface area contributed by atoms with Crippen molar-refractivity contribution in [3.05, 3.63) is 18.2 Å². The summed E-state index contributed by atoms with van der Waals surface area (Å²) in [5, 5.41) is 5.80. The van der Waals surface area contributed by atoms with E-state index in [9.17, 15) is 22.4 Å². The Bertz CT molecular complexity index is 636. The number of nitrogens with one attached hydrogen (secondary N) is 2. The molecule has 1 saturated heterocycles. The molecule has 0 aromatic heterocycles. The average Bonchev–Trinajstić information content (AvgIpc) is 3.22. The lowest BCUT2D eigenvalue weighted by molar-refractivity contribution is -0.118. The minimum Gasteiger partial charge on any atom is -0.435 e. The van der Waals surface area contributed by atoms with E-state index < -0.39 is 19.0 Å². The fraction of sp³-hybridized carbons (Fsp3) is 0.562. The third kappa shape index (κ3) is 4.15. The number of halogens is 4. The molecule has 1 aliphatic heterocycles. The molecular formula is C16H18F4N2O3. The van der Waals surface area contributed by atoms with Crippen molar-refractivity contribution < 1.29 is 31.8 Å². The van der Waals surface area contributed by atoms with Gasteiger partial charge in [-0.3, -0.25) is 4.79 Å². The van der Waals surface area contributed by atoms with Crippen molar-refractivity contribution in [3.63, 3.8) is 0 Å². The van der Waals surface area contributed by atoms with Gasteiger partial charge < -0.3 is 20.1 Å². The van der Waals surface area contributed by atoms with Crippen LogP contribution in [0.25, 0.3) is 0 Å². The number of benzene rings is 1. The third-order valence-electron chi connectivity index (χ3n) is 4.76. The number of ether oxygens (including phenoxy) is 2. The highest BCUT2D eigenvalue weighted by Gasteiger charge is 2.57. The minimum atomic E-state index is -3.16. The van der Waals surface area contributed by atoms with Gasteiger partial charge in [0.2, 0.25) is 5.91 Å². The molecule has 1 aliphatic carbocycles. The second-order valence-electron chi connectivity index (χ2n) is 6.27. The van der Waals surface area contributed by atoms with Crippen LogP contribution in [0.5, 0.6) is 11.5 Å². The topological polar surface area (TPSA) is 59.6 Å². The van der Waals surface area contributed by atoms with Gasteiger partial charge in [-0.25, -0.2) is 0 Å². The summed E-state index contributed by atoms with van der Waals surface area (Å²) in [7, 11) is 0. The van der Waals surface area contributed by atoms with Crippen molar-refractivity contribution in [1.29, 1.82) is 0 Å². The van der Waals surface area contributed by atoms with Crippen LogP contribution in [0.1, 0.15) is 19.3 Å². The van der Waals surface area contributed by atoms with Gasteiger partial charge in [-0.1, -0.05) is 0 Å². The molecule has 1 unspecified atom stereocenters. The van der Waals surface area contributed by atoms with Crippen molar-refractivity contribution >= 4 is 11.6 Å². The number of carbonyl (C=O) groups is 1. The number of hydrogen-bond acceptors (Lipinski definition) is 4. The summed E-state index contributed by atoms with van der Waals surface area (Å²) in [4.78, 5) is 12.4. The number of alkyl halides is 4. The van der Waals surface area contributed by atoms with Gasteiger partial charge in [-0.05, 0) is 49.9 Å². The molecule has 2 fully saturated rings. The Morgan fingerprint density at radius 3 is 2.48 bits per heavy atom. The van der Waals surface area contributed by atoms with E-state index in [4.69, 9.17) is 0 Å². The lowest BCUT2D eigenvalue weighted by Gasteiger charge is -2.23. The molecule has 1 saturated carbocycles. The molecular weight excluding hydrogens is 344 g/mol. The van der Waals surface area contributed by atoms with Crippen LogP contribution in [0.15, 0.2) is 18.2 Å². The summed E-state index contributed by atoms with van der Waals surface area (Å²) in [5.74, 6) is -1.19. The zero-order valence-electron chi connectivity index (χ0n) is 13.2. The number of hydrogen-bond donors (Lipinski definition) is 2. The molecule has 1 atom stereocenters. The van der Waals surface area contributed by atoms with Crippen LogP contribution in [-0.2, 0) is 4.79 Å². The van der Waals surface area contributed by atoms with E-state index in [1.165, 1.54) is 6.07 Å². The maximum atomic E-state index is 12.6. The van der Waals surface area contributed by atoms with Crippen molar-refractivity contribution in [2.24, 2.45) is 11.3 Å². The molecule has 5 nitrogen and oxygen atoms in total. The molecule has 9 heteroatoms. The molecule has 138 valence electrons. The molecule has 1 spiro atoms. The first-order chi connectivity index (χ1) is 11.9. The SMILES string of the molecule is O=C(Nc1ccc(OC(F)F)cc1OC(F)F)C1CC12CCNCC2. The predicted octanol–water partition coefficient (Wildman–Crippen LogP) is 3.22. The van der Waals surface area contributed by atoms with Gasteiger partial charge in [0.1, 0.15) is 5.75 Å². The van der Waals surface area contributed by atoms with E-state index in [1.54, 1.807) is 0 Å². The predicted molar refractivity (Wildman–Crippen MR) is 81.0 cm³/mol. The lowest BCUT2D eigenvalue weighted by atomic mass is 9.92. The number of rotatable bonds is 6. The fourth-order valence-electron chi connectivity index (χ4n) is 3.39. The van der Waals surface area contributed by atoms with Crippen LogP contribution >= 0.6 is 0 Å². The van der Waals surface area contributed by atoms with Crippen LogP contribution in [0.4, 0.5) is 23.2 Å². The highest BCUT2D eigenvalue weighted by Crippen LogP contribution is 2.58. The molecule has 1 heterocycles. The van der Waals surface area contributed by atoms with Crippen molar-refractivity contribution in [1.82, 2.24) is 5.32 Å². The average molecular weight is 362 g/mol. The van der Waals surface area contributed by atoms with Crippen LogP contribution in [0.2, 0.25) is 0 Å². The fourth-order valence-corrected chi connectivity index (χ4v) is 3.39. The first kappa shape index (κ1) is 17.8. The van der Waals surface area contributed by atoms with Crippen LogP contribution in [-0.4, -0.2) is 32.2 Å². The molecule has 2 aliphatic rings. The van der Waals surface area contributed by atoms with E-state index in [-0.39, 0.29) is 28.7 Å². The Morgan fingerprint density at radius 1 is 1.16 bits per heavy atom. The number of amides is 1. The third-order valence-corrected chi connectivity index (χ3v) is 4.76. The standard InChI is InChI=1S/C16H18F4N2O3/c17-14(18)24-9-1-2-11(12(7-9)25-15(19)20)22-13(23)10-8-16(10)3-5-21-6-4-16/h1-2,7,10,14-15,21H,3-6,8H2,(H,22,23). The molecule has 2 N–H and O–H groups in total. The van der Waals surface area contributed by atoms with Gasteiger partial charge in [0, 0.05) is 12.0 Å². The van der Waals surface area contributed by atoms with Gasteiger partial charge >= 0.3 is 13.2 Å². The minimum absolute atomic E-state index is 0.00269. The summed E-state index contributed by atoms with van der Waals surface area (Å²) in [6.45, 7) is -4.55. The Morgan fingerprint density at radius 2 is 1.84 bits per heavy atom. The van der Waals surface area contributed by atoms with E-state index >= 15 is 0 Å². The quantitative estimate of drug-likeness (QED) is 0.763. The summed E-state index contributed by atoms with van der Waals surface area (Å²) in [5.41, 5.74) is -0.0134. The van der Waals surface area contributed by atoms with Crippen molar-refractivity contribution in [3.8, 4) is 11.5 Å². The van der Waals surface area contributed by atoms with Gasteiger partial charge in [-0.2, -0.15) is 17.6 Å². The first-order valence-electron chi connectivity index (χ1n) is 7.95. The second kappa shape index (κ2) is 7.07. The van der Waals surface area contributed by atoms with Gasteiger partial charge in [0.15, 0.2) is 5.75 Å². The maximum Gasteiger partial charge on any atom is 0.387 e. The Kier molecular flexibility index (Phi) is 5.03. The van der Waals surface area contributed by atoms with Crippen molar-refractivity contribution in [2.75, 3.05) is 18.4 Å². The van der Waals surface area contributed by atoms with Crippen LogP contribution in [0.3, 0.4) is 0 Å². The highest BCUT2D eigenvalue weighted by atomic mass is 19.3. The van der Waals surface area contributed by atoms with Gasteiger partial charge in [-0.15, -0.1) is 0 Å². The normalized spacial score (nSPS) is 21.4. The van der Waals surface area contributed by atoms with Crippen LogP contribution < -0.4 is 20.1 Å². The zero-order chi connectivity index (χ0) is 18.0. The van der Waals surface area contributed by atoms with Crippen molar-refractivity contribution in [2.45, 2.75) is 32.5 Å². The molecule has 1 aromatic carbocycles. The van der Waals surface area contributed by atoms with Gasteiger partial charge in [0.05, 0.1) is 5.69 Å². The van der Waals surface area contributed by atoms with Crippen LogP contribution in [0, 0.1) is 11.3 Å². The zero-order valence-corrected chi connectivity index (χ0v) is 13.2.